The fourth-order valence-electron chi connectivity index (χ4n) is 2.35. The van der Waals surface area contributed by atoms with Crippen molar-refractivity contribution in [2.75, 3.05) is 17.7 Å². The molecule has 0 spiro atoms. The Hall–Kier alpha value is -3.80. The summed E-state index contributed by atoms with van der Waals surface area (Å²) in [5.74, 6) is 2.38. The zero-order valence-electron chi connectivity index (χ0n) is 14.8. The second kappa shape index (κ2) is 8.53. The zero-order chi connectivity index (χ0) is 19.1. The lowest BCUT2D eigenvalue weighted by Gasteiger charge is -2.13. The van der Waals surface area contributed by atoms with Gasteiger partial charge in [0.1, 0.15) is 23.1 Å². The van der Waals surface area contributed by atoms with E-state index in [2.05, 4.69) is 22.2 Å². The Morgan fingerprint density at radius 3 is 2.41 bits per heavy atom. The molecule has 1 aromatic heterocycles. The van der Waals surface area contributed by atoms with Crippen LogP contribution in [-0.4, -0.2) is 18.0 Å². The molecule has 3 aromatic rings. The Kier molecular flexibility index (Phi) is 5.69. The fraction of sp³-hybridized carbons (Fsp3) is 0.0476. The summed E-state index contributed by atoms with van der Waals surface area (Å²) in [6.07, 6.45) is 2.87. The van der Waals surface area contributed by atoms with Gasteiger partial charge >= 0.3 is 0 Å². The van der Waals surface area contributed by atoms with Crippen molar-refractivity contribution >= 4 is 23.1 Å². The molecular formula is C21H19N3O3. The topological polar surface area (TPSA) is 72.5 Å². The number of hydrogen-bond acceptors (Lipinski definition) is 5. The molecule has 0 bridgehead atoms. The standard InChI is InChI=1S/C21H19N3O3/c1-3-21(25)24-19-7-5-4-6-18(19)23-20-14-17(12-13-22-20)27-16-10-8-15(26-2)9-11-16/h3-14H,1H2,2H3,(H,22,23)(H,24,25). The van der Waals surface area contributed by atoms with E-state index < -0.39 is 0 Å². The van der Waals surface area contributed by atoms with Gasteiger partial charge in [-0.2, -0.15) is 0 Å². The first-order chi connectivity index (χ1) is 13.2. The van der Waals surface area contributed by atoms with Crippen LogP contribution in [0.1, 0.15) is 0 Å². The highest BCUT2D eigenvalue weighted by atomic mass is 16.5. The first-order valence-corrected chi connectivity index (χ1v) is 8.25. The van der Waals surface area contributed by atoms with Crippen molar-refractivity contribution < 1.29 is 14.3 Å². The molecule has 0 radical (unpaired) electrons. The minimum Gasteiger partial charge on any atom is -0.497 e. The molecule has 27 heavy (non-hydrogen) atoms. The molecule has 0 saturated heterocycles. The van der Waals surface area contributed by atoms with E-state index in [0.29, 0.717) is 28.7 Å². The van der Waals surface area contributed by atoms with Crippen molar-refractivity contribution in [1.82, 2.24) is 4.98 Å². The average molecular weight is 361 g/mol. The maximum atomic E-state index is 11.6. The highest BCUT2D eigenvalue weighted by Gasteiger charge is 2.06. The molecule has 2 aromatic carbocycles. The van der Waals surface area contributed by atoms with E-state index in [1.165, 1.54) is 6.08 Å². The molecule has 6 heteroatoms. The lowest BCUT2D eigenvalue weighted by molar-refractivity contribution is -0.111. The third kappa shape index (κ3) is 4.85. The first kappa shape index (κ1) is 18.0. The van der Waals surface area contributed by atoms with Crippen molar-refractivity contribution in [3.05, 3.63) is 79.5 Å². The lowest BCUT2D eigenvalue weighted by atomic mass is 10.2. The second-order valence-corrected chi connectivity index (χ2v) is 5.52. The van der Waals surface area contributed by atoms with Crippen molar-refractivity contribution in [3.63, 3.8) is 0 Å². The summed E-state index contributed by atoms with van der Waals surface area (Å²) >= 11 is 0. The summed E-state index contributed by atoms with van der Waals surface area (Å²) in [5, 5.41) is 5.94. The van der Waals surface area contributed by atoms with Crippen molar-refractivity contribution in [2.45, 2.75) is 0 Å². The van der Waals surface area contributed by atoms with Gasteiger partial charge in [0.25, 0.3) is 0 Å². The number of hydrogen-bond donors (Lipinski definition) is 2. The number of benzene rings is 2. The fourth-order valence-corrected chi connectivity index (χ4v) is 2.35. The van der Waals surface area contributed by atoms with Crippen LogP contribution in [0.3, 0.4) is 0 Å². The lowest BCUT2D eigenvalue weighted by Crippen LogP contribution is -2.09. The Morgan fingerprint density at radius 1 is 1.00 bits per heavy atom. The number of carbonyl (C=O) groups is 1. The van der Waals surface area contributed by atoms with Crippen LogP contribution in [0.2, 0.25) is 0 Å². The van der Waals surface area contributed by atoms with E-state index in [0.717, 1.165) is 5.75 Å². The molecule has 1 amide bonds. The smallest absolute Gasteiger partial charge is 0.247 e. The highest BCUT2D eigenvalue weighted by Crippen LogP contribution is 2.28. The first-order valence-electron chi connectivity index (χ1n) is 8.25. The van der Waals surface area contributed by atoms with Crippen molar-refractivity contribution in [2.24, 2.45) is 0 Å². The molecule has 6 nitrogen and oxygen atoms in total. The molecule has 0 unspecified atom stereocenters. The number of methoxy groups -OCH3 is 1. The number of aromatic nitrogens is 1. The number of amides is 1. The Labute approximate surface area is 157 Å². The molecular weight excluding hydrogens is 342 g/mol. The number of nitrogens with one attached hydrogen (secondary N) is 2. The van der Waals surface area contributed by atoms with E-state index in [1.54, 1.807) is 31.5 Å². The summed E-state index contributed by atoms with van der Waals surface area (Å²) < 4.78 is 11.0. The monoisotopic (exact) mass is 361 g/mol. The van der Waals surface area contributed by atoms with Crippen LogP contribution in [0.5, 0.6) is 17.2 Å². The quantitative estimate of drug-likeness (QED) is 0.594. The number of pyridine rings is 1. The van der Waals surface area contributed by atoms with Crippen LogP contribution in [0.4, 0.5) is 17.2 Å². The normalized spacial score (nSPS) is 9.96. The Bertz CT molecular complexity index is 939. The van der Waals surface area contributed by atoms with Gasteiger partial charge in [-0.3, -0.25) is 4.79 Å². The Balaban J connectivity index is 1.76. The van der Waals surface area contributed by atoms with Crippen molar-refractivity contribution in [3.8, 4) is 17.2 Å². The molecule has 0 aliphatic rings. The molecule has 1 heterocycles. The maximum absolute atomic E-state index is 11.6. The van der Waals surface area contributed by atoms with Crippen LogP contribution in [0.15, 0.2) is 79.5 Å². The second-order valence-electron chi connectivity index (χ2n) is 5.52. The van der Waals surface area contributed by atoms with Gasteiger partial charge in [-0.05, 0) is 48.5 Å². The summed E-state index contributed by atoms with van der Waals surface area (Å²) in [4.78, 5) is 15.9. The highest BCUT2D eigenvalue weighted by molar-refractivity contribution is 6.01. The van der Waals surface area contributed by atoms with E-state index >= 15 is 0 Å². The van der Waals surface area contributed by atoms with E-state index in [4.69, 9.17) is 9.47 Å². The van der Waals surface area contributed by atoms with Crippen LogP contribution in [0, 0.1) is 0 Å². The summed E-state index contributed by atoms with van der Waals surface area (Å²) in [7, 11) is 1.62. The summed E-state index contributed by atoms with van der Waals surface area (Å²) in [5.41, 5.74) is 1.34. The van der Waals surface area contributed by atoms with Gasteiger partial charge < -0.3 is 20.1 Å². The van der Waals surface area contributed by atoms with Gasteiger partial charge in [0.05, 0.1) is 18.5 Å². The van der Waals surface area contributed by atoms with E-state index in [-0.39, 0.29) is 5.91 Å². The van der Waals surface area contributed by atoms with Gasteiger partial charge in [-0.15, -0.1) is 0 Å². The van der Waals surface area contributed by atoms with E-state index in [9.17, 15) is 4.79 Å². The number of rotatable bonds is 7. The number of nitrogens with zero attached hydrogens (tertiary/aromatic N) is 1. The van der Waals surface area contributed by atoms with Gasteiger partial charge in [0.2, 0.25) is 5.91 Å². The van der Waals surface area contributed by atoms with Gasteiger partial charge in [0.15, 0.2) is 0 Å². The summed E-state index contributed by atoms with van der Waals surface area (Å²) in [6, 6.07) is 18.2. The number of anilines is 3. The molecule has 3 rings (SSSR count). The van der Waals surface area contributed by atoms with Crippen LogP contribution in [0.25, 0.3) is 0 Å². The van der Waals surface area contributed by atoms with Crippen LogP contribution < -0.4 is 20.1 Å². The third-order valence-corrected chi connectivity index (χ3v) is 3.66. The molecule has 136 valence electrons. The number of ether oxygens (including phenoxy) is 2. The summed E-state index contributed by atoms with van der Waals surface area (Å²) in [6.45, 7) is 3.46. The minimum absolute atomic E-state index is 0.284. The average Bonchev–Trinajstić information content (AvgIpc) is 2.70. The minimum atomic E-state index is -0.284. The van der Waals surface area contributed by atoms with Crippen LogP contribution in [-0.2, 0) is 4.79 Å². The molecule has 0 fully saturated rings. The van der Waals surface area contributed by atoms with Gasteiger partial charge in [-0.1, -0.05) is 18.7 Å². The zero-order valence-corrected chi connectivity index (χ0v) is 14.8. The van der Waals surface area contributed by atoms with Crippen LogP contribution >= 0.6 is 0 Å². The number of carbonyl (C=O) groups excluding carboxylic acids is 1. The Morgan fingerprint density at radius 2 is 1.70 bits per heavy atom. The van der Waals surface area contributed by atoms with Gasteiger partial charge in [0, 0.05) is 12.3 Å². The third-order valence-electron chi connectivity index (χ3n) is 3.66. The molecule has 0 atom stereocenters. The SMILES string of the molecule is C=CC(=O)Nc1ccccc1Nc1cc(Oc2ccc(OC)cc2)ccn1. The number of para-hydroxylation sites is 2. The predicted molar refractivity (Wildman–Crippen MR) is 106 cm³/mol. The largest absolute Gasteiger partial charge is 0.497 e. The predicted octanol–water partition coefficient (Wildman–Crippen LogP) is 4.75. The molecule has 2 N–H and O–H groups in total. The maximum Gasteiger partial charge on any atom is 0.247 e. The van der Waals surface area contributed by atoms with Gasteiger partial charge in [-0.25, -0.2) is 4.98 Å². The molecule has 0 aliphatic heterocycles. The van der Waals surface area contributed by atoms with E-state index in [1.807, 2.05) is 42.5 Å². The van der Waals surface area contributed by atoms with Crippen molar-refractivity contribution in [1.29, 1.82) is 0 Å². The molecule has 0 saturated carbocycles. The molecule has 0 aliphatic carbocycles.